The smallest absolute Gasteiger partial charge is 0.0903 e. The molecule has 134 valence electrons. The summed E-state index contributed by atoms with van der Waals surface area (Å²) >= 11 is 0. The second kappa shape index (κ2) is 17.4. The molecule has 2 heteroatoms. The number of carbonyl (C=O) groups excluding carboxylic acids is 1. The van der Waals surface area contributed by atoms with E-state index in [1.165, 1.54) is 64.2 Å². The van der Waals surface area contributed by atoms with Gasteiger partial charge in [-0.1, -0.05) is 64.0 Å². The van der Waals surface area contributed by atoms with E-state index in [4.69, 9.17) is 0 Å². The first kappa shape index (κ1) is 22.1. The fourth-order valence-corrected chi connectivity index (χ4v) is 2.99. The first-order valence-electron chi connectivity index (χ1n) is 9.83. The third-order valence-electron chi connectivity index (χ3n) is 4.42. The Kier molecular flexibility index (Phi) is 16.7. The number of hydrogen-bond acceptors (Lipinski definition) is 2. The number of allylic oxidation sites excluding steroid dienone is 2. The van der Waals surface area contributed by atoms with E-state index in [2.05, 4.69) is 32.4 Å². The molecule has 0 saturated carbocycles. The fraction of sp³-hybridized carbons (Fsp3) is 0.810. The summed E-state index contributed by atoms with van der Waals surface area (Å²) in [5.74, 6) is -0.125. The minimum Gasteiger partial charge on any atom is -0.550 e. The van der Waals surface area contributed by atoms with Crippen molar-refractivity contribution >= 4 is 5.97 Å². The van der Waals surface area contributed by atoms with Crippen molar-refractivity contribution in [1.29, 1.82) is 0 Å². The van der Waals surface area contributed by atoms with E-state index in [0.29, 0.717) is 0 Å². The second-order valence-electron chi connectivity index (χ2n) is 6.74. The molecule has 1 atom stereocenters. The van der Waals surface area contributed by atoms with Crippen molar-refractivity contribution in [2.75, 3.05) is 0 Å². The van der Waals surface area contributed by atoms with Crippen LogP contribution in [0.2, 0.25) is 0 Å². The highest BCUT2D eigenvalue weighted by Crippen LogP contribution is 2.20. The lowest BCUT2D eigenvalue weighted by Gasteiger charge is -2.10. The molecule has 0 saturated heterocycles. The summed E-state index contributed by atoms with van der Waals surface area (Å²) < 4.78 is 0. The lowest BCUT2D eigenvalue weighted by atomic mass is 9.92. The highest BCUT2D eigenvalue weighted by atomic mass is 16.4. The molecule has 0 N–H and O–H groups in total. The largest absolute Gasteiger partial charge is 0.550 e. The molecule has 0 rings (SSSR count). The number of hydrogen-bond donors (Lipinski definition) is 0. The lowest BCUT2D eigenvalue weighted by molar-refractivity contribution is -0.305. The Bertz CT molecular complexity index is 284. The first-order chi connectivity index (χ1) is 11.2. The molecule has 1 unspecified atom stereocenters. The Labute approximate surface area is 144 Å². The molecule has 23 heavy (non-hydrogen) atoms. The van der Waals surface area contributed by atoms with E-state index < -0.39 is 5.97 Å². The summed E-state index contributed by atoms with van der Waals surface area (Å²) in [6.07, 6.45) is 23.1. The lowest BCUT2D eigenvalue weighted by Crippen LogP contribution is -2.21. The van der Waals surface area contributed by atoms with E-state index in [1.54, 1.807) is 0 Å². The summed E-state index contributed by atoms with van der Waals surface area (Å²) in [4.78, 5) is 10.3. The Hall–Kier alpha value is -0.920. The van der Waals surface area contributed by atoms with Gasteiger partial charge in [-0.2, -0.15) is 0 Å². The van der Waals surface area contributed by atoms with Gasteiger partial charge in [0.25, 0.3) is 0 Å². The summed E-state index contributed by atoms with van der Waals surface area (Å²) in [6, 6.07) is 0. The minimum atomic E-state index is -0.912. The van der Waals surface area contributed by atoms with Gasteiger partial charge in [0, 0.05) is 11.9 Å². The van der Waals surface area contributed by atoms with Gasteiger partial charge in [-0.25, -0.2) is 0 Å². The molecule has 0 aliphatic carbocycles. The molecule has 0 bridgehead atoms. The van der Waals surface area contributed by atoms with Crippen LogP contribution in [0.1, 0.15) is 104 Å². The summed E-state index contributed by atoms with van der Waals surface area (Å²) in [5, 5.41) is 10.3. The Balaban J connectivity index is 3.61. The maximum atomic E-state index is 10.3. The minimum absolute atomic E-state index is 0.219. The molecular formula is C21H38O2. The van der Waals surface area contributed by atoms with Gasteiger partial charge in [0.15, 0.2) is 0 Å². The molecule has 0 aromatic rings. The second-order valence-corrected chi connectivity index (χ2v) is 6.74. The third kappa shape index (κ3) is 17.3. The van der Waals surface area contributed by atoms with Gasteiger partial charge in [0.1, 0.15) is 0 Å². The van der Waals surface area contributed by atoms with Crippen LogP contribution >= 0.6 is 0 Å². The van der Waals surface area contributed by atoms with Crippen LogP contribution in [0.5, 0.6) is 0 Å². The van der Waals surface area contributed by atoms with Crippen LogP contribution in [-0.2, 0) is 4.79 Å². The van der Waals surface area contributed by atoms with Crippen molar-refractivity contribution in [3.8, 4) is 0 Å². The molecule has 0 aliphatic heterocycles. The summed E-state index contributed by atoms with van der Waals surface area (Å²) in [7, 11) is 0. The van der Waals surface area contributed by atoms with E-state index in [9.17, 15) is 9.90 Å². The molecule has 2 nitrogen and oxygen atoms in total. The van der Waals surface area contributed by atoms with Gasteiger partial charge in [-0.05, 0) is 38.5 Å². The van der Waals surface area contributed by atoms with Gasteiger partial charge < -0.3 is 9.90 Å². The maximum Gasteiger partial charge on any atom is 0.0903 e. The van der Waals surface area contributed by atoms with Gasteiger partial charge in [-0.15, -0.1) is 0 Å². The zero-order chi connectivity index (χ0) is 17.2. The molecule has 0 fully saturated rings. The molecule has 0 aliphatic rings. The van der Waals surface area contributed by atoms with Crippen LogP contribution in [0, 0.1) is 12.3 Å². The van der Waals surface area contributed by atoms with Crippen LogP contribution in [-0.4, -0.2) is 5.97 Å². The van der Waals surface area contributed by atoms with E-state index in [0.717, 1.165) is 25.2 Å². The van der Waals surface area contributed by atoms with Gasteiger partial charge in [-0.3, -0.25) is 0 Å². The normalized spacial score (nSPS) is 12.6. The summed E-state index contributed by atoms with van der Waals surface area (Å²) in [5.41, 5.74) is 0. The SMILES string of the molecule is C[CH+]CC(C/C=C/CCCCCC)CCCCCCCC(=O)[O-]. The number of carboxylic acid groups (broad SMARTS) is 1. The van der Waals surface area contributed by atoms with Gasteiger partial charge in [0.05, 0.1) is 19.8 Å². The predicted octanol–water partition coefficient (Wildman–Crippen LogP) is 5.61. The van der Waals surface area contributed by atoms with Crippen molar-refractivity contribution in [2.24, 2.45) is 5.92 Å². The number of rotatable bonds is 17. The fourth-order valence-electron chi connectivity index (χ4n) is 2.99. The van der Waals surface area contributed by atoms with Crippen molar-refractivity contribution in [3.05, 3.63) is 18.6 Å². The van der Waals surface area contributed by atoms with Crippen LogP contribution in [0.25, 0.3) is 0 Å². The van der Waals surface area contributed by atoms with Gasteiger partial charge >= 0.3 is 0 Å². The van der Waals surface area contributed by atoms with Crippen molar-refractivity contribution in [3.63, 3.8) is 0 Å². The monoisotopic (exact) mass is 322 g/mol. The van der Waals surface area contributed by atoms with Crippen LogP contribution in [0.3, 0.4) is 0 Å². The van der Waals surface area contributed by atoms with Crippen LogP contribution < -0.4 is 5.11 Å². The van der Waals surface area contributed by atoms with Crippen molar-refractivity contribution in [1.82, 2.24) is 0 Å². The van der Waals surface area contributed by atoms with Crippen molar-refractivity contribution in [2.45, 2.75) is 104 Å². The first-order valence-corrected chi connectivity index (χ1v) is 9.83. The average molecular weight is 323 g/mol. The third-order valence-corrected chi connectivity index (χ3v) is 4.42. The maximum absolute atomic E-state index is 10.3. The van der Waals surface area contributed by atoms with Crippen LogP contribution in [0.15, 0.2) is 12.2 Å². The predicted molar refractivity (Wildman–Crippen MR) is 97.9 cm³/mol. The number of carbonyl (C=O) groups is 1. The Morgan fingerprint density at radius 1 is 1.00 bits per heavy atom. The summed E-state index contributed by atoms with van der Waals surface area (Å²) in [6.45, 7) is 4.41. The number of unbranched alkanes of at least 4 members (excludes halogenated alkanes) is 8. The van der Waals surface area contributed by atoms with Crippen molar-refractivity contribution < 1.29 is 9.90 Å². The quantitative estimate of drug-likeness (QED) is 0.198. The molecule has 0 aromatic carbocycles. The van der Waals surface area contributed by atoms with Crippen LogP contribution in [0.4, 0.5) is 0 Å². The standard InChI is InChI=1S/C21H38O2/c1-3-5-6-7-8-10-13-17-20(16-4-2)18-14-11-9-12-15-19-21(22)23/h4,10,13,20H,3,5-9,11-12,14-19H2,1-2H3/b13-10+. The molecule has 0 heterocycles. The zero-order valence-electron chi connectivity index (χ0n) is 15.5. The topological polar surface area (TPSA) is 40.1 Å². The molecular weight excluding hydrogens is 284 g/mol. The Morgan fingerprint density at radius 2 is 1.70 bits per heavy atom. The Morgan fingerprint density at radius 3 is 2.39 bits per heavy atom. The number of carboxylic acids is 1. The highest BCUT2D eigenvalue weighted by Gasteiger charge is 2.09. The molecule has 0 radical (unpaired) electrons. The number of aliphatic carboxylic acids is 1. The molecule has 0 spiro atoms. The highest BCUT2D eigenvalue weighted by molar-refractivity contribution is 5.63. The van der Waals surface area contributed by atoms with E-state index in [-0.39, 0.29) is 6.42 Å². The average Bonchev–Trinajstić information content (AvgIpc) is 2.52. The van der Waals surface area contributed by atoms with E-state index in [1.807, 2.05) is 0 Å². The molecule has 0 aromatic heterocycles. The molecule has 0 amide bonds. The van der Waals surface area contributed by atoms with Gasteiger partial charge in [0.2, 0.25) is 0 Å². The van der Waals surface area contributed by atoms with E-state index >= 15 is 0 Å². The zero-order valence-corrected chi connectivity index (χ0v) is 15.5.